The normalized spacial score (nSPS) is 14.6. The summed E-state index contributed by atoms with van der Waals surface area (Å²) in [7, 11) is -0.794. The number of carbonyl (C=O) groups is 1. The molecule has 1 N–H and O–H groups in total. The van der Waals surface area contributed by atoms with Crippen LogP contribution in [0.4, 0.5) is 17.1 Å². The highest BCUT2D eigenvalue weighted by molar-refractivity contribution is 7.92. The molecule has 0 aromatic heterocycles. The SMILES string of the molecule is COc1ccc([C@@H]2N(Cc3ccccc3)c3ccc(S(=O)(=O)Nc4ccc(C)cc4)cc3C(=O)N2c2ccc(OC)cc2)cc1. The zero-order valence-electron chi connectivity index (χ0n) is 25.2. The van der Waals surface area contributed by atoms with Crippen LogP contribution >= 0.6 is 0 Å². The van der Waals surface area contributed by atoms with Crippen LogP contribution in [0.5, 0.6) is 11.5 Å². The predicted octanol–water partition coefficient (Wildman–Crippen LogP) is 7.18. The van der Waals surface area contributed by atoms with E-state index in [1.807, 2.05) is 85.8 Å². The molecule has 0 unspecified atom stereocenters. The van der Waals surface area contributed by atoms with E-state index in [4.69, 9.17) is 9.47 Å². The maximum atomic E-state index is 14.6. The van der Waals surface area contributed by atoms with Gasteiger partial charge in [0.25, 0.3) is 15.9 Å². The van der Waals surface area contributed by atoms with Crippen molar-refractivity contribution in [3.63, 3.8) is 0 Å². The summed E-state index contributed by atoms with van der Waals surface area (Å²) < 4.78 is 40.5. The molecule has 0 fully saturated rings. The molecule has 1 aliphatic rings. The average Bonchev–Trinajstić information content (AvgIpc) is 3.07. The smallest absolute Gasteiger partial charge is 0.262 e. The van der Waals surface area contributed by atoms with Crippen molar-refractivity contribution in [2.24, 2.45) is 0 Å². The molecule has 5 aromatic carbocycles. The maximum absolute atomic E-state index is 14.6. The molecule has 0 saturated heterocycles. The molecule has 6 rings (SSSR count). The van der Waals surface area contributed by atoms with Crippen LogP contribution in [0.25, 0.3) is 0 Å². The fourth-order valence-corrected chi connectivity index (χ4v) is 6.59. The van der Waals surface area contributed by atoms with E-state index in [1.54, 1.807) is 55.5 Å². The number of methoxy groups -OCH3 is 2. The van der Waals surface area contributed by atoms with Crippen molar-refractivity contribution in [3.8, 4) is 11.5 Å². The lowest BCUT2D eigenvalue weighted by Crippen LogP contribution is -2.49. The van der Waals surface area contributed by atoms with Gasteiger partial charge in [0.1, 0.15) is 17.7 Å². The predicted molar refractivity (Wildman–Crippen MR) is 177 cm³/mol. The quantitative estimate of drug-likeness (QED) is 0.188. The topological polar surface area (TPSA) is 88.2 Å². The number of aryl methyl sites for hydroxylation is 1. The third-order valence-corrected chi connectivity index (χ3v) is 9.22. The van der Waals surface area contributed by atoms with Crippen LogP contribution in [-0.2, 0) is 16.6 Å². The van der Waals surface area contributed by atoms with Crippen molar-refractivity contribution in [1.29, 1.82) is 0 Å². The number of nitrogens with zero attached hydrogens (tertiary/aromatic N) is 2. The Balaban J connectivity index is 1.51. The van der Waals surface area contributed by atoms with Gasteiger partial charge in [0.05, 0.1) is 30.4 Å². The van der Waals surface area contributed by atoms with Gasteiger partial charge in [-0.1, -0.05) is 60.2 Å². The van der Waals surface area contributed by atoms with E-state index in [0.29, 0.717) is 35.1 Å². The van der Waals surface area contributed by atoms with Gasteiger partial charge in [-0.2, -0.15) is 0 Å². The number of carbonyl (C=O) groups excluding carboxylic acids is 1. The molecular formula is C36H33N3O5S. The summed E-state index contributed by atoms with van der Waals surface area (Å²) in [5.41, 5.74) is 4.89. The first-order valence-corrected chi connectivity index (χ1v) is 15.9. The maximum Gasteiger partial charge on any atom is 0.262 e. The number of rotatable bonds is 9. The van der Waals surface area contributed by atoms with Gasteiger partial charge in [-0.3, -0.25) is 14.4 Å². The van der Waals surface area contributed by atoms with Crippen LogP contribution in [0, 0.1) is 6.92 Å². The number of ether oxygens (including phenoxy) is 2. The highest BCUT2D eigenvalue weighted by Crippen LogP contribution is 2.43. The number of hydrogen-bond donors (Lipinski definition) is 1. The molecule has 0 aliphatic carbocycles. The summed E-state index contributed by atoms with van der Waals surface area (Å²) in [4.78, 5) is 18.4. The third-order valence-electron chi connectivity index (χ3n) is 7.84. The number of hydrogen-bond acceptors (Lipinski definition) is 6. The van der Waals surface area contributed by atoms with Crippen molar-refractivity contribution >= 4 is 33.0 Å². The molecule has 0 saturated carbocycles. The van der Waals surface area contributed by atoms with Gasteiger partial charge in [0.15, 0.2) is 0 Å². The first-order chi connectivity index (χ1) is 21.8. The number of anilines is 3. The molecule has 228 valence electrons. The molecule has 1 amide bonds. The standard InChI is InChI=1S/C36H33N3O5S/c1-25-9-13-28(14-10-25)37-45(41,42)32-21-22-34-33(23-32)36(40)39(29-15-19-31(44-3)20-16-29)35(27-11-17-30(43-2)18-12-27)38(34)24-26-7-5-4-6-8-26/h4-23,35,37H,24H2,1-3H3/t35-/m1/s1. The molecule has 0 radical (unpaired) electrons. The number of nitrogens with one attached hydrogen (secondary N) is 1. The summed E-state index contributed by atoms with van der Waals surface area (Å²) >= 11 is 0. The van der Waals surface area contributed by atoms with Crippen LogP contribution in [0.1, 0.15) is 33.2 Å². The summed E-state index contributed by atoms with van der Waals surface area (Å²) in [6.45, 7) is 2.39. The van der Waals surface area contributed by atoms with E-state index >= 15 is 0 Å². The molecule has 8 nitrogen and oxygen atoms in total. The largest absolute Gasteiger partial charge is 0.497 e. The Bertz CT molecular complexity index is 1910. The highest BCUT2D eigenvalue weighted by atomic mass is 32.2. The number of sulfonamides is 1. The Morgan fingerprint density at radius 1 is 0.756 bits per heavy atom. The molecule has 45 heavy (non-hydrogen) atoms. The molecule has 1 heterocycles. The highest BCUT2D eigenvalue weighted by Gasteiger charge is 2.40. The van der Waals surface area contributed by atoms with Gasteiger partial charge in [0, 0.05) is 17.9 Å². The minimum Gasteiger partial charge on any atom is -0.497 e. The van der Waals surface area contributed by atoms with E-state index in [2.05, 4.69) is 9.62 Å². The van der Waals surface area contributed by atoms with Crippen LogP contribution in [0.2, 0.25) is 0 Å². The lowest BCUT2D eigenvalue weighted by atomic mass is 9.99. The van der Waals surface area contributed by atoms with Gasteiger partial charge in [0.2, 0.25) is 0 Å². The zero-order valence-corrected chi connectivity index (χ0v) is 26.0. The Hall–Kier alpha value is -5.28. The van der Waals surface area contributed by atoms with Gasteiger partial charge in [-0.25, -0.2) is 8.42 Å². The average molecular weight is 620 g/mol. The Labute approximate surface area is 263 Å². The molecule has 9 heteroatoms. The summed E-state index contributed by atoms with van der Waals surface area (Å²) in [5.74, 6) is 1.02. The minimum absolute atomic E-state index is 0.00702. The minimum atomic E-state index is -3.99. The molecule has 5 aromatic rings. The van der Waals surface area contributed by atoms with E-state index in [1.165, 1.54) is 6.07 Å². The van der Waals surface area contributed by atoms with Crippen molar-refractivity contribution in [2.45, 2.75) is 24.5 Å². The third kappa shape index (κ3) is 6.07. The molecule has 1 atom stereocenters. The van der Waals surface area contributed by atoms with Gasteiger partial charge in [-0.15, -0.1) is 0 Å². The number of benzene rings is 5. The van der Waals surface area contributed by atoms with Crippen molar-refractivity contribution in [2.75, 3.05) is 28.7 Å². The van der Waals surface area contributed by atoms with Crippen LogP contribution in [0.3, 0.4) is 0 Å². The van der Waals surface area contributed by atoms with Crippen molar-refractivity contribution < 1.29 is 22.7 Å². The van der Waals surface area contributed by atoms with E-state index in [9.17, 15) is 13.2 Å². The Kier molecular flexibility index (Phi) is 8.19. The lowest BCUT2D eigenvalue weighted by molar-refractivity contribution is 0.0968. The molecule has 0 spiro atoms. The van der Waals surface area contributed by atoms with E-state index in [-0.39, 0.29) is 16.4 Å². The first kappa shape index (κ1) is 29.8. The lowest BCUT2D eigenvalue weighted by Gasteiger charge is -2.46. The van der Waals surface area contributed by atoms with Crippen LogP contribution in [-0.4, -0.2) is 28.5 Å². The van der Waals surface area contributed by atoms with Gasteiger partial charge < -0.3 is 14.4 Å². The van der Waals surface area contributed by atoms with Crippen molar-refractivity contribution in [1.82, 2.24) is 0 Å². The number of amides is 1. The molecule has 0 bridgehead atoms. The first-order valence-electron chi connectivity index (χ1n) is 14.4. The summed E-state index contributed by atoms with van der Waals surface area (Å²) in [5, 5.41) is 0. The second-order valence-corrected chi connectivity index (χ2v) is 12.5. The van der Waals surface area contributed by atoms with Crippen LogP contribution < -0.4 is 24.0 Å². The zero-order chi connectivity index (χ0) is 31.6. The van der Waals surface area contributed by atoms with Crippen LogP contribution in [0.15, 0.2) is 126 Å². The Morgan fingerprint density at radius 3 is 2.00 bits per heavy atom. The monoisotopic (exact) mass is 619 g/mol. The second kappa shape index (κ2) is 12.4. The summed E-state index contributed by atoms with van der Waals surface area (Å²) in [6.07, 6.45) is -0.558. The Morgan fingerprint density at radius 2 is 1.38 bits per heavy atom. The summed E-state index contributed by atoms with van der Waals surface area (Å²) in [6, 6.07) is 36.7. The molecular weight excluding hydrogens is 586 g/mol. The van der Waals surface area contributed by atoms with Gasteiger partial charge >= 0.3 is 0 Å². The number of fused-ring (bicyclic) bond motifs is 1. The van der Waals surface area contributed by atoms with Crippen molar-refractivity contribution in [3.05, 3.63) is 144 Å². The fourth-order valence-electron chi connectivity index (χ4n) is 5.51. The van der Waals surface area contributed by atoms with E-state index in [0.717, 1.165) is 16.7 Å². The van der Waals surface area contributed by atoms with Gasteiger partial charge in [-0.05, 0) is 84.8 Å². The van der Waals surface area contributed by atoms with E-state index < -0.39 is 16.2 Å². The molecule has 1 aliphatic heterocycles. The second-order valence-electron chi connectivity index (χ2n) is 10.8. The fraction of sp³-hybridized carbons (Fsp3) is 0.139.